The quantitative estimate of drug-likeness (QED) is 0.488. The van der Waals surface area contributed by atoms with Crippen molar-refractivity contribution in [3.63, 3.8) is 0 Å². The van der Waals surface area contributed by atoms with Crippen LogP contribution in [0.1, 0.15) is 34.4 Å². The molecule has 31 heavy (non-hydrogen) atoms. The minimum atomic E-state index is -0.476. The van der Waals surface area contributed by atoms with Crippen molar-refractivity contribution in [3.8, 4) is 5.75 Å². The molecule has 6 heteroatoms. The molecule has 0 aliphatic carbocycles. The summed E-state index contributed by atoms with van der Waals surface area (Å²) in [5, 5.41) is 7.98. The summed E-state index contributed by atoms with van der Waals surface area (Å²) in [7, 11) is 0. The molecule has 0 fully saturated rings. The van der Waals surface area contributed by atoms with Gasteiger partial charge in [0.15, 0.2) is 0 Å². The van der Waals surface area contributed by atoms with Crippen molar-refractivity contribution in [1.29, 1.82) is 0 Å². The first-order valence-electron chi connectivity index (χ1n) is 10.2. The highest BCUT2D eigenvalue weighted by Gasteiger charge is 2.40. The van der Waals surface area contributed by atoms with Crippen molar-refractivity contribution in [2.24, 2.45) is 0 Å². The highest BCUT2D eigenvalue weighted by Crippen LogP contribution is 2.50. The van der Waals surface area contributed by atoms with Crippen LogP contribution in [-0.4, -0.2) is 14.8 Å². The molecule has 0 spiro atoms. The number of anilines is 1. The molecule has 0 bridgehead atoms. The smallest absolute Gasteiger partial charge is 0.226 e. The number of aryl methyl sites for hydroxylation is 1. The number of nitrogens with zero attached hydrogens (tertiary/aromatic N) is 3. The van der Waals surface area contributed by atoms with Gasteiger partial charge in [0.2, 0.25) is 5.95 Å². The second-order valence-electron chi connectivity index (χ2n) is 7.85. The topological polar surface area (TPSA) is 52.0 Å². The zero-order valence-electron chi connectivity index (χ0n) is 16.8. The molecule has 0 radical (unpaired) electrons. The minimum Gasteiger partial charge on any atom is -0.480 e. The first-order valence-corrected chi connectivity index (χ1v) is 10.2. The van der Waals surface area contributed by atoms with Crippen LogP contribution in [0.25, 0.3) is 5.70 Å². The van der Waals surface area contributed by atoms with Crippen molar-refractivity contribution in [2.75, 3.05) is 5.32 Å². The summed E-state index contributed by atoms with van der Waals surface area (Å²) in [6.45, 7) is 2.05. The maximum Gasteiger partial charge on any atom is 0.226 e. The van der Waals surface area contributed by atoms with Gasteiger partial charge in [0, 0.05) is 11.1 Å². The van der Waals surface area contributed by atoms with E-state index in [2.05, 4.69) is 40.5 Å². The largest absolute Gasteiger partial charge is 0.480 e. The van der Waals surface area contributed by atoms with Gasteiger partial charge in [-0.15, -0.1) is 0 Å². The van der Waals surface area contributed by atoms with Crippen LogP contribution >= 0.6 is 0 Å². The fourth-order valence-electron chi connectivity index (χ4n) is 4.48. The molecular weight excluding hydrogens is 391 g/mol. The number of halogens is 1. The van der Waals surface area contributed by atoms with Gasteiger partial charge in [0.1, 0.15) is 30.0 Å². The number of ether oxygens (including phenoxy) is 1. The molecule has 0 unspecified atom stereocenters. The molecule has 152 valence electrons. The summed E-state index contributed by atoms with van der Waals surface area (Å²) in [5.41, 5.74) is 5.83. The Hall–Kier alpha value is -3.93. The Morgan fingerprint density at radius 1 is 0.968 bits per heavy atom. The van der Waals surface area contributed by atoms with Gasteiger partial charge >= 0.3 is 0 Å². The van der Waals surface area contributed by atoms with E-state index >= 15 is 0 Å². The van der Waals surface area contributed by atoms with Crippen LogP contribution in [0.3, 0.4) is 0 Å². The van der Waals surface area contributed by atoms with E-state index in [0.29, 0.717) is 5.95 Å². The molecule has 0 saturated heterocycles. The number of fused-ring (bicyclic) bond motifs is 3. The standard InChI is InChI=1S/C25H19FN4O/c1-15-10-11-20-19(12-15)22-21(24(31-20)17-8-5-9-18(26)13-17)23(16-6-3-2-4-7-16)30-25(29-22)27-14-28-30/h2-14,23-24H,1H3,(H,27,28,29)/t23-,24+/m1/s1. The van der Waals surface area contributed by atoms with Crippen LogP contribution in [0.2, 0.25) is 0 Å². The third kappa shape index (κ3) is 2.83. The van der Waals surface area contributed by atoms with E-state index in [1.807, 2.05) is 41.1 Å². The summed E-state index contributed by atoms with van der Waals surface area (Å²) in [5.74, 6) is 1.13. The van der Waals surface area contributed by atoms with E-state index in [9.17, 15) is 4.39 Å². The van der Waals surface area contributed by atoms with E-state index in [1.165, 1.54) is 12.1 Å². The Morgan fingerprint density at radius 3 is 2.65 bits per heavy atom. The van der Waals surface area contributed by atoms with E-state index in [1.54, 1.807) is 12.4 Å². The molecule has 1 N–H and O–H groups in total. The lowest BCUT2D eigenvalue weighted by Gasteiger charge is -2.39. The third-order valence-corrected chi connectivity index (χ3v) is 5.84. The number of rotatable bonds is 2. The minimum absolute atomic E-state index is 0.239. The van der Waals surface area contributed by atoms with E-state index in [0.717, 1.165) is 39.3 Å². The van der Waals surface area contributed by atoms with Crippen LogP contribution in [0, 0.1) is 12.7 Å². The predicted octanol–water partition coefficient (Wildman–Crippen LogP) is 5.29. The Kier molecular flexibility index (Phi) is 3.93. The van der Waals surface area contributed by atoms with Crippen molar-refractivity contribution >= 4 is 11.6 Å². The van der Waals surface area contributed by atoms with Gasteiger partial charge in [-0.05, 0) is 42.3 Å². The fourth-order valence-corrected chi connectivity index (χ4v) is 4.48. The molecule has 5 nitrogen and oxygen atoms in total. The zero-order chi connectivity index (χ0) is 20.9. The lowest BCUT2D eigenvalue weighted by atomic mass is 9.84. The molecule has 2 atom stereocenters. The Morgan fingerprint density at radius 2 is 1.81 bits per heavy atom. The lowest BCUT2D eigenvalue weighted by molar-refractivity contribution is 0.222. The summed E-state index contributed by atoms with van der Waals surface area (Å²) < 4.78 is 22.6. The highest BCUT2D eigenvalue weighted by atomic mass is 19.1. The van der Waals surface area contributed by atoms with E-state index < -0.39 is 6.10 Å². The SMILES string of the molecule is Cc1ccc2c(c1)C1=C([C@H](c3cccc(F)c3)O2)[C@@H](c2ccccc2)n2ncnc2N1. The third-order valence-electron chi connectivity index (χ3n) is 5.84. The van der Waals surface area contributed by atoms with Crippen molar-refractivity contribution in [2.45, 2.75) is 19.1 Å². The molecule has 6 rings (SSSR count). The first-order chi connectivity index (χ1) is 15.2. The van der Waals surface area contributed by atoms with Gasteiger partial charge in [0.05, 0.1) is 5.70 Å². The summed E-state index contributed by atoms with van der Waals surface area (Å²) in [6, 6.07) is 22.6. The maximum atomic E-state index is 14.2. The maximum absolute atomic E-state index is 14.2. The second kappa shape index (κ2) is 6.80. The van der Waals surface area contributed by atoms with Crippen LogP contribution in [-0.2, 0) is 0 Å². The highest BCUT2D eigenvalue weighted by molar-refractivity contribution is 5.85. The average molecular weight is 410 g/mol. The van der Waals surface area contributed by atoms with Crippen LogP contribution in [0.15, 0.2) is 84.7 Å². The molecule has 3 heterocycles. The molecule has 0 amide bonds. The molecule has 3 aromatic carbocycles. The van der Waals surface area contributed by atoms with Gasteiger partial charge in [-0.2, -0.15) is 10.1 Å². The number of benzene rings is 3. The summed E-state index contributed by atoms with van der Waals surface area (Å²) >= 11 is 0. The van der Waals surface area contributed by atoms with Crippen LogP contribution in [0.5, 0.6) is 5.75 Å². The lowest BCUT2D eigenvalue weighted by Crippen LogP contribution is -2.32. The Bertz CT molecular complexity index is 1330. The first kappa shape index (κ1) is 17.9. The van der Waals surface area contributed by atoms with E-state index in [4.69, 9.17) is 4.74 Å². The summed E-state index contributed by atoms with van der Waals surface area (Å²) in [4.78, 5) is 4.44. The second-order valence-corrected chi connectivity index (χ2v) is 7.85. The molecule has 2 aliphatic rings. The number of hydrogen-bond acceptors (Lipinski definition) is 4. The van der Waals surface area contributed by atoms with Crippen LogP contribution < -0.4 is 10.1 Å². The molecule has 1 aromatic heterocycles. The summed E-state index contributed by atoms with van der Waals surface area (Å²) in [6.07, 6.45) is 1.07. The molecular formula is C25H19FN4O. The van der Waals surface area contributed by atoms with Gasteiger partial charge in [-0.1, -0.05) is 54.1 Å². The monoisotopic (exact) mass is 410 g/mol. The van der Waals surface area contributed by atoms with Gasteiger partial charge in [0.25, 0.3) is 0 Å². The Labute approximate surface area is 178 Å². The average Bonchev–Trinajstić information content (AvgIpc) is 3.26. The zero-order valence-corrected chi connectivity index (χ0v) is 16.8. The van der Waals surface area contributed by atoms with Gasteiger partial charge in [-0.3, -0.25) is 0 Å². The number of nitrogens with one attached hydrogen (secondary N) is 1. The fraction of sp³-hybridized carbons (Fsp3) is 0.120. The predicted molar refractivity (Wildman–Crippen MR) is 116 cm³/mol. The van der Waals surface area contributed by atoms with E-state index in [-0.39, 0.29) is 11.9 Å². The number of hydrogen-bond donors (Lipinski definition) is 1. The molecule has 0 saturated carbocycles. The van der Waals surface area contributed by atoms with Crippen LogP contribution in [0.4, 0.5) is 10.3 Å². The van der Waals surface area contributed by atoms with Gasteiger partial charge in [-0.25, -0.2) is 9.07 Å². The Balaban J connectivity index is 1.65. The molecule has 2 aliphatic heterocycles. The van der Waals surface area contributed by atoms with Crippen molar-refractivity contribution < 1.29 is 9.13 Å². The number of aromatic nitrogens is 3. The normalized spacial score (nSPS) is 19.0. The molecule has 4 aromatic rings. The van der Waals surface area contributed by atoms with Crippen molar-refractivity contribution in [1.82, 2.24) is 14.8 Å². The van der Waals surface area contributed by atoms with Gasteiger partial charge < -0.3 is 10.1 Å². The van der Waals surface area contributed by atoms with Crippen molar-refractivity contribution in [3.05, 3.63) is 113 Å².